The van der Waals surface area contributed by atoms with Crippen molar-refractivity contribution < 1.29 is 18.7 Å². The van der Waals surface area contributed by atoms with Crippen molar-refractivity contribution in [2.75, 3.05) is 37.0 Å². The summed E-state index contributed by atoms with van der Waals surface area (Å²) in [5.41, 5.74) is 6.83. The summed E-state index contributed by atoms with van der Waals surface area (Å²) >= 11 is 0. The van der Waals surface area contributed by atoms with E-state index in [4.69, 9.17) is 10.5 Å². The van der Waals surface area contributed by atoms with Crippen LogP contribution in [0, 0.1) is 12.7 Å². The van der Waals surface area contributed by atoms with Crippen molar-refractivity contribution in [3.05, 3.63) is 41.2 Å². The van der Waals surface area contributed by atoms with Crippen LogP contribution in [0.4, 0.5) is 21.7 Å². The highest BCUT2D eigenvalue weighted by atomic mass is 19.1. The van der Waals surface area contributed by atoms with Gasteiger partial charge in [0.2, 0.25) is 5.91 Å². The van der Waals surface area contributed by atoms with E-state index in [0.717, 1.165) is 11.6 Å². The number of amides is 2. The van der Waals surface area contributed by atoms with E-state index in [0.29, 0.717) is 24.5 Å². The third-order valence-corrected chi connectivity index (χ3v) is 4.11. The van der Waals surface area contributed by atoms with Gasteiger partial charge in [-0.1, -0.05) is 0 Å². The number of hydrogen-bond acceptors (Lipinski definition) is 6. The molecule has 3 rings (SSSR count). The number of nitrogens with zero attached hydrogens (tertiary/aromatic N) is 2. The average Bonchev–Trinajstić information content (AvgIpc) is 2.62. The molecule has 1 saturated heterocycles. The van der Waals surface area contributed by atoms with Gasteiger partial charge >= 0.3 is 0 Å². The highest BCUT2D eigenvalue weighted by molar-refractivity contribution is 5.98. The molecule has 0 bridgehead atoms. The Morgan fingerprint density at radius 1 is 1.37 bits per heavy atom. The SMILES string of the molecule is COc1cc(C)cc(Nc2nc(N3CCNC(=O)C3)c(F)cc2C(N)=O)c1. The first-order valence-electron chi connectivity index (χ1n) is 8.32. The van der Waals surface area contributed by atoms with Crippen LogP contribution in [0.5, 0.6) is 5.75 Å². The number of ether oxygens (including phenoxy) is 1. The minimum atomic E-state index is -0.813. The molecule has 0 atom stereocenters. The van der Waals surface area contributed by atoms with Gasteiger partial charge in [-0.25, -0.2) is 9.37 Å². The number of carbonyl (C=O) groups excluding carboxylic acids is 2. The number of nitrogens with two attached hydrogens (primary N) is 1. The Bertz CT molecular complexity index is 903. The van der Waals surface area contributed by atoms with Crippen LogP contribution in [0.25, 0.3) is 0 Å². The summed E-state index contributed by atoms with van der Waals surface area (Å²) < 4.78 is 19.8. The third kappa shape index (κ3) is 4.08. The van der Waals surface area contributed by atoms with E-state index >= 15 is 0 Å². The van der Waals surface area contributed by atoms with Crippen LogP contribution in [0.1, 0.15) is 15.9 Å². The number of primary amides is 1. The predicted molar refractivity (Wildman–Crippen MR) is 98.9 cm³/mol. The number of halogens is 1. The molecule has 1 aliphatic rings. The zero-order valence-corrected chi connectivity index (χ0v) is 15.0. The smallest absolute Gasteiger partial charge is 0.252 e. The predicted octanol–water partition coefficient (Wildman–Crippen LogP) is 1.32. The second kappa shape index (κ2) is 7.48. The molecule has 0 spiro atoms. The van der Waals surface area contributed by atoms with E-state index in [-0.39, 0.29) is 29.7 Å². The number of aryl methyl sites for hydroxylation is 1. The van der Waals surface area contributed by atoms with E-state index in [9.17, 15) is 14.0 Å². The Labute approximate surface area is 155 Å². The number of methoxy groups -OCH3 is 1. The number of pyridine rings is 1. The molecule has 8 nitrogen and oxygen atoms in total. The third-order valence-electron chi connectivity index (χ3n) is 4.11. The summed E-state index contributed by atoms with van der Waals surface area (Å²) in [7, 11) is 1.54. The normalized spacial score (nSPS) is 13.9. The van der Waals surface area contributed by atoms with Crippen molar-refractivity contribution in [1.82, 2.24) is 10.3 Å². The zero-order chi connectivity index (χ0) is 19.6. The molecule has 1 aromatic heterocycles. The molecule has 142 valence electrons. The second-order valence-corrected chi connectivity index (χ2v) is 6.19. The molecular formula is C18H20FN5O3. The number of hydrogen-bond donors (Lipinski definition) is 3. The van der Waals surface area contributed by atoms with Gasteiger partial charge in [-0.05, 0) is 30.7 Å². The number of anilines is 3. The quantitative estimate of drug-likeness (QED) is 0.729. The van der Waals surface area contributed by atoms with Crippen molar-refractivity contribution >= 4 is 29.1 Å². The molecule has 27 heavy (non-hydrogen) atoms. The fourth-order valence-corrected chi connectivity index (χ4v) is 2.88. The largest absolute Gasteiger partial charge is 0.497 e. The highest BCUT2D eigenvalue weighted by Crippen LogP contribution is 2.28. The van der Waals surface area contributed by atoms with Gasteiger partial charge in [0.25, 0.3) is 5.91 Å². The van der Waals surface area contributed by atoms with E-state index in [1.165, 1.54) is 4.90 Å². The maximum atomic E-state index is 14.5. The van der Waals surface area contributed by atoms with Gasteiger partial charge in [0.1, 0.15) is 11.6 Å². The number of carbonyl (C=O) groups is 2. The molecule has 1 aromatic carbocycles. The summed E-state index contributed by atoms with van der Waals surface area (Å²) in [6.45, 7) is 2.66. The molecule has 9 heteroatoms. The van der Waals surface area contributed by atoms with E-state index in [1.54, 1.807) is 13.2 Å². The summed E-state index contributed by atoms with van der Waals surface area (Å²) in [6, 6.07) is 6.42. The summed E-state index contributed by atoms with van der Waals surface area (Å²) in [6.07, 6.45) is 0. The fourth-order valence-electron chi connectivity index (χ4n) is 2.88. The van der Waals surface area contributed by atoms with Crippen molar-refractivity contribution in [2.45, 2.75) is 6.92 Å². The Morgan fingerprint density at radius 3 is 2.81 bits per heavy atom. The van der Waals surface area contributed by atoms with Crippen LogP contribution in [0.3, 0.4) is 0 Å². The topological polar surface area (TPSA) is 110 Å². The van der Waals surface area contributed by atoms with Crippen LogP contribution in [0.15, 0.2) is 24.3 Å². The Balaban J connectivity index is 2.02. The molecule has 1 fully saturated rings. The summed E-state index contributed by atoms with van der Waals surface area (Å²) in [4.78, 5) is 29.1. The first-order valence-corrected chi connectivity index (χ1v) is 8.32. The monoisotopic (exact) mass is 373 g/mol. The van der Waals surface area contributed by atoms with E-state index in [2.05, 4.69) is 15.6 Å². The molecule has 0 saturated carbocycles. The lowest BCUT2D eigenvalue weighted by atomic mass is 10.2. The lowest BCUT2D eigenvalue weighted by molar-refractivity contribution is -0.120. The summed E-state index contributed by atoms with van der Waals surface area (Å²) in [5, 5.41) is 5.67. The van der Waals surface area contributed by atoms with Crippen molar-refractivity contribution in [3.8, 4) is 5.75 Å². The maximum Gasteiger partial charge on any atom is 0.252 e. The molecule has 0 unspecified atom stereocenters. The van der Waals surface area contributed by atoms with Crippen LogP contribution < -0.4 is 26.0 Å². The number of piperazine rings is 1. The Hall–Kier alpha value is -3.36. The van der Waals surface area contributed by atoms with Gasteiger partial charge < -0.3 is 26.0 Å². The van der Waals surface area contributed by atoms with Crippen molar-refractivity contribution in [1.29, 1.82) is 0 Å². The minimum Gasteiger partial charge on any atom is -0.497 e. The van der Waals surface area contributed by atoms with E-state index in [1.807, 2.05) is 19.1 Å². The molecule has 0 aliphatic carbocycles. The number of aromatic nitrogens is 1. The van der Waals surface area contributed by atoms with Gasteiger partial charge in [-0.3, -0.25) is 9.59 Å². The highest BCUT2D eigenvalue weighted by Gasteiger charge is 2.24. The fraction of sp³-hybridized carbons (Fsp3) is 0.278. The van der Waals surface area contributed by atoms with Gasteiger partial charge in [0.15, 0.2) is 11.6 Å². The van der Waals surface area contributed by atoms with E-state index < -0.39 is 11.7 Å². The molecule has 2 amide bonds. The standard InChI is InChI=1S/C18H20FN5O3/c1-10-5-11(7-12(6-10)27-2)22-17-13(16(20)26)8-14(19)18(23-17)24-4-3-21-15(25)9-24/h5-8H,3-4,9H2,1-2H3,(H2,20,26)(H,21,25)(H,22,23). The minimum absolute atomic E-state index is 0.0163. The van der Waals surface area contributed by atoms with Gasteiger partial charge in [0.05, 0.1) is 19.2 Å². The molecule has 2 heterocycles. The zero-order valence-electron chi connectivity index (χ0n) is 15.0. The number of rotatable bonds is 5. The van der Waals surface area contributed by atoms with Crippen LogP contribution in [-0.2, 0) is 4.79 Å². The molecule has 1 aliphatic heterocycles. The molecule has 2 aromatic rings. The van der Waals surface area contributed by atoms with Crippen molar-refractivity contribution in [2.24, 2.45) is 5.73 Å². The first kappa shape index (κ1) is 18.4. The number of nitrogens with one attached hydrogen (secondary N) is 2. The number of benzene rings is 1. The molecule has 4 N–H and O–H groups in total. The maximum absolute atomic E-state index is 14.5. The summed E-state index contributed by atoms with van der Waals surface area (Å²) in [5.74, 6) is -1.04. The Morgan fingerprint density at radius 2 is 2.15 bits per heavy atom. The van der Waals surface area contributed by atoms with Gasteiger partial charge in [0, 0.05) is 24.8 Å². The Kier molecular flexibility index (Phi) is 5.11. The lowest BCUT2D eigenvalue weighted by Gasteiger charge is -2.28. The average molecular weight is 373 g/mol. The van der Waals surface area contributed by atoms with Gasteiger partial charge in [-0.15, -0.1) is 0 Å². The first-order chi connectivity index (χ1) is 12.9. The molecular weight excluding hydrogens is 353 g/mol. The molecule has 0 radical (unpaired) electrons. The van der Waals surface area contributed by atoms with Crippen LogP contribution in [-0.4, -0.2) is 43.5 Å². The van der Waals surface area contributed by atoms with Gasteiger partial charge in [-0.2, -0.15) is 0 Å². The van der Waals surface area contributed by atoms with Crippen LogP contribution >= 0.6 is 0 Å². The van der Waals surface area contributed by atoms with Crippen LogP contribution in [0.2, 0.25) is 0 Å². The lowest BCUT2D eigenvalue weighted by Crippen LogP contribution is -2.48. The van der Waals surface area contributed by atoms with Crippen molar-refractivity contribution in [3.63, 3.8) is 0 Å². The second-order valence-electron chi connectivity index (χ2n) is 6.19.